The molecule has 3 nitrogen and oxygen atoms in total. The van der Waals surface area contributed by atoms with Crippen molar-refractivity contribution < 1.29 is 0 Å². The molecule has 0 fully saturated rings. The fourth-order valence-electron chi connectivity index (χ4n) is 2.54. The van der Waals surface area contributed by atoms with Gasteiger partial charge >= 0.3 is 0 Å². The third-order valence-corrected chi connectivity index (χ3v) is 5.14. The minimum Gasteiger partial charge on any atom is -0.339 e. The number of rotatable bonds is 3. The molecule has 0 radical (unpaired) electrons. The Hall–Kier alpha value is -1.94. The Labute approximate surface area is 135 Å². The zero-order chi connectivity index (χ0) is 15.9. The molecule has 4 heteroatoms. The van der Waals surface area contributed by atoms with Crippen LogP contribution in [0.4, 0.5) is 11.5 Å². The maximum atomic E-state index is 4.74. The summed E-state index contributed by atoms with van der Waals surface area (Å²) in [6.45, 7) is 10.6. The minimum atomic E-state index is 0.841. The number of aryl methyl sites for hydroxylation is 5. The quantitative estimate of drug-likeness (QED) is 0.719. The highest BCUT2D eigenvalue weighted by atomic mass is 32.1. The molecule has 1 aromatic carbocycles. The average molecular weight is 311 g/mol. The molecule has 0 amide bonds. The van der Waals surface area contributed by atoms with E-state index in [9.17, 15) is 0 Å². The number of fused-ring (bicyclic) bond motifs is 1. The second-order valence-electron chi connectivity index (χ2n) is 5.75. The van der Waals surface area contributed by atoms with E-state index in [-0.39, 0.29) is 0 Å². The van der Waals surface area contributed by atoms with Crippen LogP contribution in [0.1, 0.15) is 34.3 Å². The summed E-state index contributed by atoms with van der Waals surface area (Å²) in [6.07, 6.45) is 0.841. The van der Waals surface area contributed by atoms with Crippen molar-refractivity contribution >= 4 is 33.1 Å². The fraction of sp³-hybridized carbons (Fsp3) is 0.333. The standard InChI is InChI=1S/C18H21N3S/c1-6-15-20-17(16-12(4)13(5)22-18(16)21-15)19-14-9-10(2)7-8-11(14)3/h7-9H,6H2,1-5H3,(H,19,20,21). The molecule has 0 aliphatic carbocycles. The molecule has 3 aromatic rings. The summed E-state index contributed by atoms with van der Waals surface area (Å²) in [5.41, 5.74) is 4.85. The molecule has 0 atom stereocenters. The maximum Gasteiger partial charge on any atom is 0.143 e. The van der Waals surface area contributed by atoms with Crippen LogP contribution in [0, 0.1) is 27.7 Å². The van der Waals surface area contributed by atoms with Gasteiger partial charge in [0.1, 0.15) is 16.5 Å². The van der Waals surface area contributed by atoms with Crippen molar-refractivity contribution in [1.29, 1.82) is 0 Å². The van der Waals surface area contributed by atoms with Gasteiger partial charge in [-0.15, -0.1) is 11.3 Å². The van der Waals surface area contributed by atoms with Crippen LogP contribution in [0.15, 0.2) is 18.2 Å². The van der Waals surface area contributed by atoms with Crippen LogP contribution in [0.25, 0.3) is 10.2 Å². The normalized spacial score (nSPS) is 11.1. The van der Waals surface area contributed by atoms with E-state index in [0.29, 0.717) is 0 Å². The molecule has 22 heavy (non-hydrogen) atoms. The minimum absolute atomic E-state index is 0.841. The number of nitrogens with zero attached hydrogens (tertiary/aromatic N) is 2. The summed E-state index contributed by atoms with van der Waals surface area (Å²) < 4.78 is 0. The van der Waals surface area contributed by atoms with Gasteiger partial charge in [0.05, 0.1) is 5.39 Å². The van der Waals surface area contributed by atoms with Gasteiger partial charge in [0.25, 0.3) is 0 Å². The van der Waals surface area contributed by atoms with Crippen LogP contribution in [0.5, 0.6) is 0 Å². The Bertz CT molecular complexity index is 849. The fourth-order valence-corrected chi connectivity index (χ4v) is 3.59. The van der Waals surface area contributed by atoms with Gasteiger partial charge in [0.15, 0.2) is 0 Å². The molecule has 0 saturated heterocycles. The molecule has 0 spiro atoms. The van der Waals surface area contributed by atoms with E-state index in [0.717, 1.165) is 34.0 Å². The smallest absolute Gasteiger partial charge is 0.143 e. The monoisotopic (exact) mass is 311 g/mol. The first-order valence-corrected chi connectivity index (χ1v) is 8.42. The first-order valence-electron chi connectivity index (χ1n) is 7.60. The third-order valence-electron chi connectivity index (χ3n) is 4.04. The summed E-state index contributed by atoms with van der Waals surface area (Å²) in [5, 5.41) is 4.69. The van der Waals surface area contributed by atoms with Crippen LogP contribution < -0.4 is 5.32 Å². The molecule has 2 heterocycles. The van der Waals surface area contributed by atoms with Crippen molar-refractivity contribution in [2.24, 2.45) is 0 Å². The SMILES string of the molecule is CCc1nc(Nc2cc(C)ccc2C)c2c(C)c(C)sc2n1. The number of hydrogen-bond acceptors (Lipinski definition) is 4. The van der Waals surface area contributed by atoms with Crippen LogP contribution in [-0.4, -0.2) is 9.97 Å². The summed E-state index contributed by atoms with van der Waals surface area (Å²) in [4.78, 5) is 11.8. The zero-order valence-electron chi connectivity index (χ0n) is 13.7. The lowest BCUT2D eigenvalue weighted by Gasteiger charge is -2.12. The molecular weight excluding hydrogens is 290 g/mol. The average Bonchev–Trinajstić information content (AvgIpc) is 2.78. The molecular formula is C18H21N3S. The van der Waals surface area contributed by atoms with Gasteiger partial charge in [-0.2, -0.15) is 0 Å². The van der Waals surface area contributed by atoms with E-state index >= 15 is 0 Å². The molecule has 0 aliphatic heterocycles. The Morgan fingerprint density at radius 3 is 2.59 bits per heavy atom. The number of thiophene rings is 1. The number of hydrogen-bond donors (Lipinski definition) is 1. The lowest BCUT2D eigenvalue weighted by Crippen LogP contribution is -2.01. The molecule has 2 aromatic heterocycles. The summed E-state index contributed by atoms with van der Waals surface area (Å²) in [5.74, 6) is 1.82. The second-order valence-corrected chi connectivity index (χ2v) is 6.95. The highest BCUT2D eigenvalue weighted by molar-refractivity contribution is 7.18. The molecule has 3 rings (SSSR count). The van der Waals surface area contributed by atoms with Crippen molar-refractivity contribution in [3.63, 3.8) is 0 Å². The zero-order valence-corrected chi connectivity index (χ0v) is 14.6. The van der Waals surface area contributed by atoms with Crippen molar-refractivity contribution in [2.75, 3.05) is 5.32 Å². The summed E-state index contributed by atoms with van der Waals surface area (Å²) in [7, 11) is 0. The summed E-state index contributed by atoms with van der Waals surface area (Å²) in [6, 6.07) is 6.44. The van der Waals surface area contributed by atoms with Crippen molar-refractivity contribution in [3.8, 4) is 0 Å². The van der Waals surface area contributed by atoms with Crippen LogP contribution >= 0.6 is 11.3 Å². The van der Waals surface area contributed by atoms with Crippen LogP contribution in [0.2, 0.25) is 0 Å². The van der Waals surface area contributed by atoms with E-state index in [1.165, 1.54) is 21.6 Å². The van der Waals surface area contributed by atoms with Gasteiger partial charge < -0.3 is 5.32 Å². The first kappa shape index (κ1) is 15.0. The lowest BCUT2D eigenvalue weighted by molar-refractivity contribution is 0.966. The van der Waals surface area contributed by atoms with Gasteiger partial charge in [-0.05, 0) is 50.5 Å². The number of nitrogens with one attached hydrogen (secondary N) is 1. The molecule has 114 valence electrons. The van der Waals surface area contributed by atoms with Crippen molar-refractivity contribution in [3.05, 3.63) is 45.6 Å². The van der Waals surface area contributed by atoms with Gasteiger partial charge in [0.2, 0.25) is 0 Å². The molecule has 0 aliphatic rings. The largest absolute Gasteiger partial charge is 0.339 e. The highest BCUT2D eigenvalue weighted by Crippen LogP contribution is 2.35. The van der Waals surface area contributed by atoms with E-state index in [2.05, 4.69) is 63.1 Å². The molecule has 0 bridgehead atoms. The van der Waals surface area contributed by atoms with E-state index in [1.54, 1.807) is 11.3 Å². The first-order chi connectivity index (χ1) is 10.5. The Morgan fingerprint density at radius 2 is 1.86 bits per heavy atom. The summed E-state index contributed by atoms with van der Waals surface area (Å²) >= 11 is 1.75. The lowest BCUT2D eigenvalue weighted by atomic mass is 10.1. The molecule has 1 N–H and O–H groups in total. The van der Waals surface area contributed by atoms with Crippen LogP contribution in [0.3, 0.4) is 0 Å². The third kappa shape index (κ3) is 2.59. The van der Waals surface area contributed by atoms with Gasteiger partial charge in [-0.25, -0.2) is 9.97 Å². The predicted octanol–water partition coefficient (Wildman–Crippen LogP) is 5.23. The van der Waals surface area contributed by atoms with Gasteiger partial charge in [-0.3, -0.25) is 0 Å². The Balaban J connectivity index is 2.18. The van der Waals surface area contributed by atoms with Gasteiger partial charge in [0, 0.05) is 17.0 Å². The maximum absolute atomic E-state index is 4.74. The van der Waals surface area contributed by atoms with Crippen LogP contribution in [-0.2, 0) is 6.42 Å². The molecule has 0 unspecified atom stereocenters. The van der Waals surface area contributed by atoms with Crippen molar-refractivity contribution in [1.82, 2.24) is 9.97 Å². The molecule has 0 saturated carbocycles. The van der Waals surface area contributed by atoms with E-state index < -0.39 is 0 Å². The Morgan fingerprint density at radius 1 is 1.09 bits per heavy atom. The second kappa shape index (κ2) is 5.69. The number of anilines is 2. The van der Waals surface area contributed by atoms with E-state index in [4.69, 9.17) is 4.98 Å². The van der Waals surface area contributed by atoms with Crippen molar-refractivity contribution in [2.45, 2.75) is 41.0 Å². The predicted molar refractivity (Wildman–Crippen MR) is 95.5 cm³/mol. The number of aromatic nitrogens is 2. The van der Waals surface area contributed by atoms with Gasteiger partial charge in [-0.1, -0.05) is 19.1 Å². The topological polar surface area (TPSA) is 37.8 Å². The van der Waals surface area contributed by atoms with E-state index in [1.807, 2.05) is 0 Å². The Kier molecular flexibility index (Phi) is 3.87. The highest BCUT2D eigenvalue weighted by Gasteiger charge is 2.14. The number of benzene rings is 1.